The van der Waals surface area contributed by atoms with Crippen LogP contribution in [0.15, 0.2) is 18.5 Å². The highest BCUT2D eigenvalue weighted by Gasteiger charge is 1.93. The van der Waals surface area contributed by atoms with Crippen LogP contribution >= 0.6 is 0 Å². The second-order valence-electron chi connectivity index (χ2n) is 2.37. The van der Waals surface area contributed by atoms with Crippen LogP contribution in [0.1, 0.15) is 29.1 Å². The van der Waals surface area contributed by atoms with E-state index < -0.39 is 0 Å². The van der Waals surface area contributed by atoms with Gasteiger partial charge in [-0.25, -0.2) is 9.97 Å². The topological polar surface area (TPSA) is 37.8 Å². The number of aromatic nitrogens is 2. The number of rotatable bonds is 2. The maximum absolute atomic E-state index is 4.00. The van der Waals surface area contributed by atoms with Gasteiger partial charge in [0.15, 0.2) is 0 Å². The van der Waals surface area contributed by atoms with E-state index in [1.807, 2.05) is 13.8 Å². The van der Waals surface area contributed by atoms with E-state index in [2.05, 4.69) is 29.1 Å². The molecule has 3 heteroatoms. The highest BCUT2D eigenvalue weighted by molar-refractivity contribution is 5.22. The van der Waals surface area contributed by atoms with Crippen molar-refractivity contribution in [2.24, 2.45) is 0 Å². The number of hydrogen-bond acceptors (Lipinski definition) is 3. The lowest BCUT2D eigenvalue weighted by Crippen LogP contribution is -2.11. The fraction of sp³-hybridized carbons (Fsp3) is 0.556. The molecular weight excluding hydrogens is 150 g/mol. The van der Waals surface area contributed by atoms with Gasteiger partial charge in [-0.2, -0.15) is 0 Å². The third-order valence-electron chi connectivity index (χ3n) is 0.984. The standard InChI is InChI=1S/C7H11N3.C2H6.H2/c1-6(2)10-7-8-4-3-5-9-7;1-2;/h3-6H,1-2H3,(H,8,9,10);1-2H3;1H. The Morgan fingerprint density at radius 3 is 2.17 bits per heavy atom. The first kappa shape index (κ1) is 10.9. The molecule has 1 heterocycles. The Balaban J connectivity index is 0. The lowest BCUT2D eigenvalue weighted by molar-refractivity contribution is 0.874. The van der Waals surface area contributed by atoms with Crippen molar-refractivity contribution in [3.8, 4) is 0 Å². The van der Waals surface area contributed by atoms with Crippen molar-refractivity contribution in [3.05, 3.63) is 18.5 Å². The van der Waals surface area contributed by atoms with E-state index in [0.29, 0.717) is 12.0 Å². The Morgan fingerprint density at radius 2 is 1.75 bits per heavy atom. The first-order chi connectivity index (χ1) is 5.79. The molecule has 1 aromatic heterocycles. The Labute approximate surface area is 75.7 Å². The molecule has 0 radical (unpaired) electrons. The van der Waals surface area contributed by atoms with Crippen molar-refractivity contribution in [2.75, 3.05) is 5.32 Å². The van der Waals surface area contributed by atoms with E-state index in [1.165, 1.54) is 0 Å². The van der Waals surface area contributed by atoms with Gasteiger partial charge in [0, 0.05) is 19.9 Å². The second kappa shape index (κ2) is 6.58. The molecule has 0 aliphatic carbocycles. The molecule has 0 aliphatic rings. The number of nitrogens with zero attached hydrogens (tertiary/aromatic N) is 2. The molecule has 3 nitrogen and oxygen atoms in total. The van der Waals surface area contributed by atoms with Gasteiger partial charge >= 0.3 is 0 Å². The lowest BCUT2D eigenvalue weighted by atomic mass is 10.4. The van der Waals surface area contributed by atoms with Crippen molar-refractivity contribution < 1.29 is 1.43 Å². The van der Waals surface area contributed by atoms with Crippen molar-refractivity contribution >= 4 is 5.95 Å². The average Bonchev–Trinajstić information content (AvgIpc) is 2.08. The molecule has 0 bridgehead atoms. The molecule has 0 unspecified atom stereocenters. The number of hydrogen-bond donors (Lipinski definition) is 1. The van der Waals surface area contributed by atoms with Gasteiger partial charge in [-0.3, -0.25) is 0 Å². The second-order valence-corrected chi connectivity index (χ2v) is 2.37. The molecule has 70 valence electrons. The summed E-state index contributed by atoms with van der Waals surface area (Å²) in [5, 5.41) is 3.08. The number of nitrogens with one attached hydrogen (secondary N) is 1. The lowest BCUT2D eigenvalue weighted by Gasteiger charge is -2.05. The van der Waals surface area contributed by atoms with Crippen molar-refractivity contribution in [3.63, 3.8) is 0 Å². The summed E-state index contributed by atoms with van der Waals surface area (Å²) in [5.74, 6) is 0.692. The smallest absolute Gasteiger partial charge is 0.222 e. The normalized spacial score (nSPS) is 8.75. The van der Waals surface area contributed by atoms with Crippen LogP contribution in [0.3, 0.4) is 0 Å². The Kier molecular flexibility index (Phi) is 5.97. The molecule has 0 saturated heterocycles. The zero-order valence-corrected chi connectivity index (χ0v) is 8.20. The fourth-order valence-electron chi connectivity index (χ4n) is 0.632. The average molecular weight is 169 g/mol. The van der Waals surface area contributed by atoms with E-state index in [-0.39, 0.29) is 1.43 Å². The number of anilines is 1. The largest absolute Gasteiger partial charge is 0.352 e. The summed E-state index contributed by atoms with van der Waals surface area (Å²) in [7, 11) is 0. The first-order valence-electron chi connectivity index (χ1n) is 4.32. The van der Waals surface area contributed by atoms with E-state index in [1.54, 1.807) is 18.5 Å². The van der Waals surface area contributed by atoms with Gasteiger partial charge in [0.05, 0.1) is 0 Å². The molecule has 0 aliphatic heterocycles. The molecule has 0 fully saturated rings. The molecular formula is C9H19N3. The SMILES string of the molecule is CC.CC(C)Nc1ncccn1.[HH]. The van der Waals surface area contributed by atoms with Gasteiger partial charge in [0.2, 0.25) is 5.95 Å². The van der Waals surface area contributed by atoms with Crippen LogP contribution in [0.25, 0.3) is 0 Å². The van der Waals surface area contributed by atoms with Crippen molar-refractivity contribution in [2.45, 2.75) is 33.7 Å². The molecule has 0 atom stereocenters. The van der Waals surface area contributed by atoms with Gasteiger partial charge in [0.1, 0.15) is 0 Å². The van der Waals surface area contributed by atoms with Gasteiger partial charge < -0.3 is 5.32 Å². The van der Waals surface area contributed by atoms with Crippen LogP contribution in [0.4, 0.5) is 5.95 Å². The van der Waals surface area contributed by atoms with E-state index in [9.17, 15) is 0 Å². The van der Waals surface area contributed by atoms with Crippen LogP contribution < -0.4 is 5.32 Å². The summed E-state index contributed by atoms with van der Waals surface area (Å²) >= 11 is 0. The van der Waals surface area contributed by atoms with Gasteiger partial charge in [-0.1, -0.05) is 13.8 Å². The van der Waals surface area contributed by atoms with Crippen molar-refractivity contribution in [1.29, 1.82) is 0 Å². The molecule has 1 N–H and O–H groups in total. The summed E-state index contributed by atoms with van der Waals surface area (Å²) in [6.45, 7) is 8.10. The Morgan fingerprint density at radius 1 is 1.25 bits per heavy atom. The van der Waals surface area contributed by atoms with Crippen LogP contribution in [0, 0.1) is 0 Å². The predicted molar refractivity (Wildman–Crippen MR) is 54.3 cm³/mol. The highest BCUT2D eigenvalue weighted by atomic mass is 15.1. The molecule has 0 saturated carbocycles. The summed E-state index contributed by atoms with van der Waals surface area (Å²) in [4.78, 5) is 7.99. The molecule has 1 rings (SSSR count). The fourth-order valence-corrected chi connectivity index (χ4v) is 0.632. The zero-order chi connectivity index (χ0) is 9.40. The highest BCUT2D eigenvalue weighted by Crippen LogP contribution is 1.95. The summed E-state index contributed by atoms with van der Waals surface area (Å²) in [6.07, 6.45) is 3.44. The summed E-state index contributed by atoms with van der Waals surface area (Å²) < 4.78 is 0. The third-order valence-corrected chi connectivity index (χ3v) is 0.984. The minimum atomic E-state index is 0. The monoisotopic (exact) mass is 169 g/mol. The van der Waals surface area contributed by atoms with Crippen molar-refractivity contribution in [1.82, 2.24) is 9.97 Å². The maximum Gasteiger partial charge on any atom is 0.222 e. The van der Waals surface area contributed by atoms with E-state index in [0.717, 1.165) is 0 Å². The molecule has 0 amide bonds. The quantitative estimate of drug-likeness (QED) is 0.739. The third kappa shape index (κ3) is 4.66. The van der Waals surface area contributed by atoms with Crippen LogP contribution in [0.5, 0.6) is 0 Å². The van der Waals surface area contributed by atoms with Crippen LogP contribution in [-0.4, -0.2) is 16.0 Å². The molecule has 0 aromatic carbocycles. The summed E-state index contributed by atoms with van der Waals surface area (Å²) in [6, 6.07) is 2.19. The molecule has 12 heavy (non-hydrogen) atoms. The minimum Gasteiger partial charge on any atom is -0.352 e. The van der Waals surface area contributed by atoms with Crippen LogP contribution in [-0.2, 0) is 0 Å². The zero-order valence-electron chi connectivity index (χ0n) is 8.20. The minimum absolute atomic E-state index is 0. The Hall–Kier alpha value is -1.12. The van der Waals surface area contributed by atoms with E-state index in [4.69, 9.17) is 0 Å². The molecule has 0 spiro atoms. The Bertz CT molecular complexity index is 189. The van der Waals surface area contributed by atoms with E-state index >= 15 is 0 Å². The van der Waals surface area contributed by atoms with Gasteiger partial charge in [-0.15, -0.1) is 0 Å². The van der Waals surface area contributed by atoms with Gasteiger partial charge in [-0.05, 0) is 19.9 Å². The summed E-state index contributed by atoms with van der Waals surface area (Å²) in [5.41, 5.74) is 0. The first-order valence-corrected chi connectivity index (χ1v) is 4.32. The molecule has 1 aromatic rings. The maximum atomic E-state index is 4.00. The van der Waals surface area contributed by atoms with Crippen LogP contribution in [0.2, 0.25) is 0 Å². The predicted octanol–water partition coefficient (Wildman–Crippen LogP) is 2.57. The van der Waals surface area contributed by atoms with Gasteiger partial charge in [0.25, 0.3) is 0 Å².